The third-order valence-electron chi connectivity index (χ3n) is 3.32. The highest BCUT2D eigenvalue weighted by Gasteiger charge is 2.29. The summed E-state index contributed by atoms with van der Waals surface area (Å²) in [7, 11) is -3.32. The van der Waals surface area contributed by atoms with Crippen LogP contribution in [0.4, 0.5) is 5.69 Å². The third kappa shape index (κ3) is 2.39. The fraction of sp³-hybridized carbons (Fsp3) is 0.500. The number of rotatable bonds is 2. The van der Waals surface area contributed by atoms with Crippen LogP contribution in [0.5, 0.6) is 5.75 Å². The number of benzene rings is 1. The van der Waals surface area contributed by atoms with Gasteiger partial charge in [0.15, 0.2) is 9.84 Å². The van der Waals surface area contributed by atoms with Gasteiger partial charge >= 0.3 is 0 Å². The molecule has 1 saturated carbocycles. The topological polar surface area (TPSA) is 80.4 Å². The molecule has 0 saturated heterocycles. The lowest BCUT2D eigenvalue weighted by atomic mass is 10.0. The van der Waals surface area contributed by atoms with Crippen LogP contribution in [0, 0.1) is 0 Å². The summed E-state index contributed by atoms with van der Waals surface area (Å²) in [5, 5.41) is 9.17. The van der Waals surface area contributed by atoms with E-state index < -0.39 is 9.84 Å². The molecule has 0 unspecified atom stereocenters. The molecule has 1 aliphatic carbocycles. The van der Waals surface area contributed by atoms with E-state index in [1.165, 1.54) is 18.2 Å². The van der Waals surface area contributed by atoms with Crippen LogP contribution >= 0.6 is 0 Å². The van der Waals surface area contributed by atoms with Gasteiger partial charge in [0.05, 0.1) is 15.8 Å². The number of hydrogen-bond acceptors (Lipinski definition) is 4. The van der Waals surface area contributed by atoms with Crippen LogP contribution in [0.3, 0.4) is 0 Å². The third-order valence-corrected chi connectivity index (χ3v) is 5.58. The smallest absolute Gasteiger partial charge is 0.181 e. The van der Waals surface area contributed by atoms with E-state index in [9.17, 15) is 13.5 Å². The van der Waals surface area contributed by atoms with Gasteiger partial charge < -0.3 is 10.8 Å². The highest BCUT2D eigenvalue weighted by atomic mass is 32.2. The van der Waals surface area contributed by atoms with Crippen LogP contribution in [-0.4, -0.2) is 18.8 Å². The Morgan fingerprint density at radius 1 is 1.18 bits per heavy atom. The molecule has 0 atom stereocenters. The molecule has 17 heavy (non-hydrogen) atoms. The van der Waals surface area contributed by atoms with Crippen molar-refractivity contribution >= 4 is 15.5 Å². The van der Waals surface area contributed by atoms with Crippen LogP contribution < -0.4 is 5.73 Å². The van der Waals surface area contributed by atoms with Crippen LogP contribution in [0.2, 0.25) is 0 Å². The molecule has 0 bridgehead atoms. The average Bonchev–Trinajstić information content (AvgIpc) is 2.33. The van der Waals surface area contributed by atoms with E-state index in [1.54, 1.807) is 0 Å². The number of sulfone groups is 1. The molecule has 1 aliphatic rings. The Kier molecular flexibility index (Phi) is 3.28. The van der Waals surface area contributed by atoms with Crippen molar-refractivity contribution in [3.63, 3.8) is 0 Å². The summed E-state index contributed by atoms with van der Waals surface area (Å²) in [6.45, 7) is 0. The second-order valence-electron chi connectivity index (χ2n) is 4.53. The maximum Gasteiger partial charge on any atom is 0.181 e. The Hall–Kier alpha value is -1.23. The fourth-order valence-corrected chi connectivity index (χ4v) is 4.14. The van der Waals surface area contributed by atoms with Crippen molar-refractivity contribution in [2.45, 2.75) is 42.2 Å². The lowest BCUT2D eigenvalue weighted by Gasteiger charge is -2.21. The van der Waals surface area contributed by atoms with Crippen LogP contribution in [0.15, 0.2) is 23.1 Å². The molecule has 0 amide bonds. The quantitative estimate of drug-likeness (QED) is 0.626. The molecule has 0 spiro atoms. The summed E-state index contributed by atoms with van der Waals surface area (Å²) >= 11 is 0. The minimum Gasteiger partial charge on any atom is -0.506 e. The number of hydrogen-bond donors (Lipinski definition) is 2. The van der Waals surface area contributed by atoms with E-state index in [0.717, 1.165) is 19.3 Å². The van der Waals surface area contributed by atoms with E-state index in [-0.39, 0.29) is 21.6 Å². The highest BCUT2D eigenvalue weighted by Crippen LogP contribution is 2.31. The Morgan fingerprint density at radius 3 is 2.41 bits per heavy atom. The van der Waals surface area contributed by atoms with Crippen LogP contribution in [0.25, 0.3) is 0 Å². The van der Waals surface area contributed by atoms with Crippen molar-refractivity contribution in [2.24, 2.45) is 0 Å². The molecule has 1 fully saturated rings. The van der Waals surface area contributed by atoms with Gasteiger partial charge in [-0.1, -0.05) is 19.3 Å². The van der Waals surface area contributed by atoms with Gasteiger partial charge in [-0.25, -0.2) is 8.42 Å². The molecule has 5 heteroatoms. The van der Waals surface area contributed by atoms with Crippen molar-refractivity contribution < 1.29 is 13.5 Å². The van der Waals surface area contributed by atoms with Crippen molar-refractivity contribution in [1.82, 2.24) is 0 Å². The number of aromatic hydroxyl groups is 1. The van der Waals surface area contributed by atoms with E-state index in [4.69, 9.17) is 5.73 Å². The lowest BCUT2D eigenvalue weighted by Crippen LogP contribution is -2.24. The molecule has 0 aliphatic heterocycles. The first-order chi connectivity index (χ1) is 8.01. The summed E-state index contributed by atoms with van der Waals surface area (Å²) in [5.41, 5.74) is 5.67. The molecule has 3 N–H and O–H groups in total. The molecule has 1 aromatic carbocycles. The van der Waals surface area contributed by atoms with Crippen LogP contribution in [-0.2, 0) is 9.84 Å². The Labute approximate surface area is 101 Å². The van der Waals surface area contributed by atoms with Gasteiger partial charge in [0, 0.05) is 6.07 Å². The molecule has 94 valence electrons. The number of anilines is 1. The first kappa shape index (κ1) is 12.2. The highest BCUT2D eigenvalue weighted by molar-refractivity contribution is 7.92. The van der Waals surface area contributed by atoms with E-state index >= 15 is 0 Å². The first-order valence-electron chi connectivity index (χ1n) is 5.84. The largest absolute Gasteiger partial charge is 0.506 e. The zero-order valence-corrected chi connectivity index (χ0v) is 10.4. The number of nitrogen functional groups attached to an aromatic ring is 1. The normalized spacial score (nSPS) is 18.1. The van der Waals surface area contributed by atoms with Gasteiger partial charge in [-0.15, -0.1) is 0 Å². The Balaban J connectivity index is 2.33. The summed E-state index contributed by atoms with van der Waals surface area (Å²) in [5.74, 6) is -0.165. The maximum atomic E-state index is 12.3. The summed E-state index contributed by atoms with van der Waals surface area (Å²) in [6, 6.07) is 4.16. The zero-order chi connectivity index (χ0) is 12.5. The summed E-state index contributed by atoms with van der Waals surface area (Å²) in [6.07, 6.45) is 4.47. The van der Waals surface area contributed by atoms with Gasteiger partial charge in [-0.2, -0.15) is 0 Å². The minimum atomic E-state index is -3.32. The Bertz CT molecular complexity index is 504. The average molecular weight is 255 g/mol. The molecule has 1 aromatic rings. The van der Waals surface area contributed by atoms with E-state index in [1.807, 2.05) is 0 Å². The predicted molar refractivity (Wildman–Crippen MR) is 66.6 cm³/mol. The summed E-state index contributed by atoms with van der Waals surface area (Å²) < 4.78 is 24.6. The van der Waals surface area contributed by atoms with Crippen molar-refractivity contribution in [3.05, 3.63) is 18.2 Å². The van der Waals surface area contributed by atoms with Crippen molar-refractivity contribution in [2.75, 3.05) is 5.73 Å². The van der Waals surface area contributed by atoms with Crippen molar-refractivity contribution in [1.29, 1.82) is 0 Å². The predicted octanol–water partition coefficient (Wildman–Crippen LogP) is 2.08. The summed E-state index contributed by atoms with van der Waals surface area (Å²) in [4.78, 5) is 0.177. The zero-order valence-electron chi connectivity index (χ0n) is 9.59. The molecular weight excluding hydrogens is 238 g/mol. The fourth-order valence-electron chi connectivity index (χ4n) is 2.27. The van der Waals surface area contributed by atoms with Gasteiger partial charge in [0.25, 0.3) is 0 Å². The first-order valence-corrected chi connectivity index (χ1v) is 7.39. The molecule has 4 nitrogen and oxygen atoms in total. The van der Waals surface area contributed by atoms with Gasteiger partial charge in [-0.3, -0.25) is 0 Å². The van der Waals surface area contributed by atoms with E-state index in [2.05, 4.69) is 0 Å². The second-order valence-corrected chi connectivity index (χ2v) is 6.75. The molecule has 0 radical (unpaired) electrons. The van der Waals surface area contributed by atoms with Gasteiger partial charge in [-0.05, 0) is 25.0 Å². The van der Waals surface area contributed by atoms with Crippen LogP contribution in [0.1, 0.15) is 32.1 Å². The second kappa shape index (κ2) is 4.56. The number of phenols is 1. The Morgan fingerprint density at radius 2 is 1.82 bits per heavy atom. The minimum absolute atomic E-state index is 0.165. The number of phenolic OH excluding ortho intramolecular Hbond substituents is 1. The van der Waals surface area contributed by atoms with Gasteiger partial charge in [0.2, 0.25) is 0 Å². The number of nitrogens with two attached hydrogens (primary N) is 1. The molecule has 2 rings (SSSR count). The lowest BCUT2D eigenvalue weighted by molar-refractivity contribution is 0.472. The molecular formula is C12H17NO3S. The maximum absolute atomic E-state index is 12.3. The van der Waals surface area contributed by atoms with Crippen molar-refractivity contribution in [3.8, 4) is 5.75 Å². The molecule has 0 heterocycles. The van der Waals surface area contributed by atoms with E-state index in [0.29, 0.717) is 12.8 Å². The van der Waals surface area contributed by atoms with Gasteiger partial charge in [0.1, 0.15) is 5.75 Å². The monoisotopic (exact) mass is 255 g/mol. The SMILES string of the molecule is Nc1ccc(S(=O)(=O)C2CCCCC2)cc1O. The molecule has 0 aromatic heterocycles. The standard InChI is InChI=1S/C12H17NO3S/c13-11-7-6-10(8-12(11)14)17(15,16)9-4-2-1-3-5-9/h6-9,14H,1-5,13H2.